The van der Waals surface area contributed by atoms with Gasteiger partial charge in [-0.2, -0.15) is 0 Å². The third-order valence-electron chi connectivity index (χ3n) is 10.5. The lowest BCUT2D eigenvalue weighted by Crippen LogP contribution is -1.95. The van der Waals surface area contributed by atoms with Crippen molar-refractivity contribution in [3.63, 3.8) is 0 Å². The van der Waals surface area contributed by atoms with E-state index in [9.17, 15) is 0 Å². The molecule has 0 aliphatic rings. The molecule has 0 aliphatic heterocycles. The van der Waals surface area contributed by atoms with E-state index in [0.29, 0.717) is 0 Å². The van der Waals surface area contributed by atoms with Gasteiger partial charge in [-0.1, -0.05) is 208 Å². The van der Waals surface area contributed by atoms with Crippen LogP contribution in [0, 0.1) is 0 Å². The highest BCUT2D eigenvalue weighted by molar-refractivity contribution is 6.20. The highest BCUT2D eigenvalue weighted by Crippen LogP contribution is 2.44. The van der Waals surface area contributed by atoms with Gasteiger partial charge in [-0.25, -0.2) is 0 Å². The van der Waals surface area contributed by atoms with Gasteiger partial charge in [0, 0.05) is 0 Å². The van der Waals surface area contributed by atoms with E-state index in [0.717, 1.165) is 55.7 Å². The number of allylic oxidation sites excluding steroid dienone is 5. The van der Waals surface area contributed by atoms with Crippen LogP contribution in [0.4, 0.5) is 0 Å². The minimum atomic E-state index is 1.00. The summed E-state index contributed by atoms with van der Waals surface area (Å²) in [5, 5.41) is 7.30. The lowest BCUT2D eigenvalue weighted by atomic mass is 9.83. The van der Waals surface area contributed by atoms with Crippen LogP contribution >= 0.6 is 0 Å². The molecule has 0 radical (unpaired) electrons. The predicted octanol–water partition coefficient (Wildman–Crippen LogP) is 15.5. The van der Waals surface area contributed by atoms with Crippen molar-refractivity contribution < 1.29 is 0 Å². The van der Waals surface area contributed by atoms with Crippen molar-refractivity contribution >= 4 is 61.7 Å². The molecule has 262 valence electrons. The summed E-state index contributed by atoms with van der Waals surface area (Å²) in [7, 11) is 0. The van der Waals surface area contributed by atoms with Crippen LogP contribution in [0.5, 0.6) is 0 Å². The fourth-order valence-electron chi connectivity index (χ4n) is 7.84. The van der Waals surface area contributed by atoms with E-state index in [-0.39, 0.29) is 0 Å². The predicted molar refractivity (Wildman–Crippen MR) is 243 cm³/mol. The first-order valence-electron chi connectivity index (χ1n) is 18.8. The summed E-state index contributed by atoms with van der Waals surface area (Å²) in [4.78, 5) is 0. The number of hydrogen-bond donors (Lipinski definition) is 0. The molecule has 0 heterocycles. The van der Waals surface area contributed by atoms with Crippen LogP contribution in [0.15, 0.2) is 202 Å². The minimum absolute atomic E-state index is 1.00. The van der Waals surface area contributed by atoms with Crippen LogP contribution in [-0.2, 0) is 0 Å². The molecule has 8 aromatic rings. The highest BCUT2D eigenvalue weighted by Gasteiger charge is 2.19. The van der Waals surface area contributed by atoms with E-state index in [1.54, 1.807) is 0 Å². The Morgan fingerprint density at radius 2 is 1.16 bits per heavy atom. The van der Waals surface area contributed by atoms with Gasteiger partial charge in [0.25, 0.3) is 0 Å². The van der Waals surface area contributed by atoms with Gasteiger partial charge in [0.15, 0.2) is 0 Å². The number of hydrogen-bond acceptors (Lipinski definition) is 0. The van der Waals surface area contributed by atoms with E-state index in [1.807, 2.05) is 12.2 Å². The Morgan fingerprint density at radius 1 is 0.527 bits per heavy atom. The molecule has 8 aromatic carbocycles. The quantitative estimate of drug-likeness (QED) is 0.0983. The van der Waals surface area contributed by atoms with Gasteiger partial charge in [-0.3, -0.25) is 0 Å². The van der Waals surface area contributed by atoms with Crippen LogP contribution in [-0.4, -0.2) is 0 Å². The van der Waals surface area contributed by atoms with Crippen molar-refractivity contribution in [2.75, 3.05) is 0 Å². The Kier molecular flexibility index (Phi) is 9.89. The van der Waals surface area contributed by atoms with Gasteiger partial charge in [0.2, 0.25) is 0 Å². The van der Waals surface area contributed by atoms with Crippen LogP contribution in [0.1, 0.15) is 40.3 Å². The number of rotatable bonds is 10. The van der Waals surface area contributed by atoms with Crippen molar-refractivity contribution in [3.05, 3.63) is 235 Å². The SMILES string of the molecule is C=Cc1ccc(-c2c(C(/C=C\c3ccccc3-c3ccccc3C(=C)c3ccc4ccccc4c3)=C/C=C/C)c3ccccc3c3ccccc23)cc1C=C. The minimum Gasteiger partial charge on any atom is -0.0984 e. The Hall–Kier alpha value is -7.02. The Labute approximate surface area is 324 Å². The molecule has 8 rings (SSSR count). The second-order valence-corrected chi connectivity index (χ2v) is 13.7. The molecule has 0 fully saturated rings. The smallest absolute Gasteiger partial charge is 0.00201 e. The van der Waals surface area contributed by atoms with Gasteiger partial charge in [0.1, 0.15) is 0 Å². The largest absolute Gasteiger partial charge is 0.0984 e. The van der Waals surface area contributed by atoms with Crippen molar-refractivity contribution in [1.29, 1.82) is 0 Å². The van der Waals surface area contributed by atoms with Crippen molar-refractivity contribution in [1.82, 2.24) is 0 Å². The molecule has 0 amide bonds. The number of fused-ring (bicyclic) bond motifs is 4. The zero-order chi connectivity index (χ0) is 37.7. The summed E-state index contributed by atoms with van der Waals surface area (Å²) in [6.07, 6.45) is 14.8. The van der Waals surface area contributed by atoms with Crippen LogP contribution < -0.4 is 0 Å². The van der Waals surface area contributed by atoms with Gasteiger partial charge in [-0.05, 0) is 118 Å². The van der Waals surface area contributed by atoms with E-state index < -0.39 is 0 Å². The third-order valence-corrected chi connectivity index (χ3v) is 10.5. The summed E-state index contributed by atoms with van der Waals surface area (Å²) in [6, 6.07) is 56.5. The standard InChI is InChI=1S/C55H42/c1-5-8-19-43(54-52-28-17-15-26-50(52)51-27-16-18-29-53(51)55(54)46-35-30-39(6-2)40(7-3)36-46)33-32-42-21-11-12-24-48(42)49-25-14-13-23-47(49)38(4)44-34-31-41-20-9-10-22-45(41)37-44/h5-37H,2-4H2,1H3/b8-5+,33-32-,43-19+. The van der Waals surface area contributed by atoms with E-state index in [4.69, 9.17) is 0 Å². The first-order valence-corrected chi connectivity index (χ1v) is 18.8. The fourth-order valence-corrected chi connectivity index (χ4v) is 7.84. The first kappa shape index (κ1) is 35.0. The monoisotopic (exact) mass is 702 g/mol. The molecular formula is C55H42. The third kappa shape index (κ3) is 6.71. The molecule has 0 heteroatoms. The molecule has 0 atom stereocenters. The van der Waals surface area contributed by atoms with Gasteiger partial charge in [0.05, 0.1) is 0 Å². The zero-order valence-corrected chi connectivity index (χ0v) is 31.2. The molecule has 0 saturated carbocycles. The zero-order valence-electron chi connectivity index (χ0n) is 31.2. The first-order chi connectivity index (χ1) is 27.1. The van der Waals surface area contributed by atoms with E-state index in [1.165, 1.54) is 43.4 Å². The molecule has 55 heavy (non-hydrogen) atoms. The molecule has 0 N–H and O–H groups in total. The van der Waals surface area contributed by atoms with Crippen LogP contribution in [0.3, 0.4) is 0 Å². The highest BCUT2D eigenvalue weighted by atomic mass is 14.2. The lowest BCUT2D eigenvalue weighted by Gasteiger charge is -2.20. The van der Waals surface area contributed by atoms with E-state index >= 15 is 0 Å². The average molecular weight is 703 g/mol. The Bertz CT molecular complexity index is 2870. The summed E-state index contributed by atoms with van der Waals surface area (Å²) in [5.74, 6) is 0. The molecule has 0 aliphatic carbocycles. The van der Waals surface area contributed by atoms with Gasteiger partial charge >= 0.3 is 0 Å². The fraction of sp³-hybridized carbons (Fsp3) is 0.0182. The lowest BCUT2D eigenvalue weighted by molar-refractivity contribution is 1.53. The maximum atomic E-state index is 4.63. The van der Waals surface area contributed by atoms with Crippen LogP contribution in [0.2, 0.25) is 0 Å². The summed E-state index contributed by atoms with van der Waals surface area (Å²) >= 11 is 0. The molecule has 0 aromatic heterocycles. The Morgan fingerprint density at radius 3 is 1.93 bits per heavy atom. The average Bonchev–Trinajstić information content (AvgIpc) is 3.25. The Balaban J connectivity index is 1.31. The van der Waals surface area contributed by atoms with Crippen molar-refractivity contribution in [2.45, 2.75) is 6.92 Å². The molecule has 0 saturated heterocycles. The normalized spacial score (nSPS) is 11.9. The van der Waals surface area contributed by atoms with Crippen LogP contribution in [0.25, 0.3) is 83.9 Å². The second kappa shape index (κ2) is 15.5. The molecule has 0 nitrogen and oxygen atoms in total. The second-order valence-electron chi connectivity index (χ2n) is 13.7. The van der Waals surface area contributed by atoms with Gasteiger partial charge < -0.3 is 0 Å². The number of benzene rings is 8. The van der Waals surface area contributed by atoms with Crippen molar-refractivity contribution in [2.24, 2.45) is 0 Å². The topological polar surface area (TPSA) is 0 Å². The molecule has 0 unspecified atom stereocenters. The summed E-state index contributed by atoms with van der Waals surface area (Å²) in [5.41, 5.74) is 13.4. The summed E-state index contributed by atoms with van der Waals surface area (Å²) in [6.45, 7) is 14.9. The molecular weight excluding hydrogens is 661 g/mol. The van der Waals surface area contributed by atoms with E-state index in [2.05, 4.69) is 215 Å². The summed E-state index contributed by atoms with van der Waals surface area (Å²) < 4.78 is 0. The van der Waals surface area contributed by atoms with Gasteiger partial charge in [-0.15, -0.1) is 0 Å². The molecule has 0 bridgehead atoms. The molecule has 0 spiro atoms. The maximum Gasteiger partial charge on any atom is -0.00201 e. The van der Waals surface area contributed by atoms with Crippen molar-refractivity contribution in [3.8, 4) is 22.3 Å². The maximum absolute atomic E-state index is 4.63.